The van der Waals surface area contributed by atoms with Crippen molar-refractivity contribution in [3.05, 3.63) is 59.0 Å². The predicted molar refractivity (Wildman–Crippen MR) is 102 cm³/mol. The first-order chi connectivity index (χ1) is 12.6. The summed E-state index contributed by atoms with van der Waals surface area (Å²) in [5.41, 5.74) is 2.27. The Labute approximate surface area is 155 Å². The molecule has 0 radical (unpaired) electrons. The fraction of sp³-hybridized carbons (Fsp3) is 0.250. The van der Waals surface area contributed by atoms with Gasteiger partial charge in [-0.3, -0.25) is 4.90 Å². The topological polar surface area (TPSA) is 70.0 Å². The summed E-state index contributed by atoms with van der Waals surface area (Å²) < 4.78 is 6.46. The van der Waals surface area contributed by atoms with Crippen molar-refractivity contribution in [3.63, 3.8) is 0 Å². The lowest BCUT2D eigenvalue weighted by Gasteiger charge is -2.30. The van der Waals surface area contributed by atoms with Gasteiger partial charge in [-0.25, -0.2) is 4.79 Å². The largest absolute Gasteiger partial charge is 0.478 e. The molecule has 26 heavy (non-hydrogen) atoms. The molecule has 1 saturated heterocycles. The summed E-state index contributed by atoms with van der Waals surface area (Å²) >= 11 is 1.59. The van der Waals surface area contributed by atoms with Crippen molar-refractivity contribution < 1.29 is 19.7 Å². The van der Waals surface area contributed by atoms with Crippen LogP contribution in [-0.2, 0) is 4.74 Å². The van der Waals surface area contributed by atoms with Gasteiger partial charge < -0.3 is 14.9 Å². The third-order valence-electron chi connectivity index (χ3n) is 4.67. The molecular weight excluding hydrogens is 350 g/mol. The molecule has 0 bridgehead atoms. The number of hydrogen-bond acceptors (Lipinski definition) is 5. The van der Waals surface area contributed by atoms with E-state index in [1.54, 1.807) is 23.5 Å². The van der Waals surface area contributed by atoms with Crippen molar-refractivity contribution in [1.29, 1.82) is 0 Å². The highest BCUT2D eigenvalue weighted by atomic mass is 32.1. The molecule has 134 valence electrons. The van der Waals surface area contributed by atoms with Crippen LogP contribution in [0.4, 0.5) is 0 Å². The van der Waals surface area contributed by atoms with E-state index in [-0.39, 0.29) is 5.56 Å². The number of thiophene rings is 1. The van der Waals surface area contributed by atoms with Crippen LogP contribution in [0, 0.1) is 0 Å². The van der Waals surface area contributed by atoms with Gasteiger partial charge in [-0.15, -0.1) is 11.3 Å². The van der Waals surface area contributed by atoms with Crippen molar-refractivity contribution in [2.45, 2.75) is 6.23 Å². The highest BCUT2D eigenvalue weighted by Crippen LogP contribution is 2.37. The van der Waals surface area contributed by atoms with E-state index in [9.17, 15) is 9.90 Å². The number of ether oxygens (including phenoxy) is 1. The molecule has 1 unspecified atom stereocenters. The molecule has 0 aliphatic carbocycles. The third kappa shape index (κ3) is 3.24. The van der Waals surface area contributed by atoms with Gasteiger partial charge in [0.15, 0.2) is 0 Å². The smallest absolute Gasteiger partial charge is 0.335 e. The highest BCUT2D eigenvalue weighted by molar-refractivity contribution is 7.19. The number of carboxylic acid groups (broad SMARTS) is 1. The van der Waals surface area contributed by atoms with Gasteiger partial charge >= 0.3 is 5.97 Å². The van der Waals surface area contributed by atoms with Crippen molar-refractivity contribution in [1.82, 2.24) is 4.90 Å². The lowest BCUT2D eigenvalue weighted by Crippen LogP contribution is -2.38. The normalized spacial score (nSPS) is 16.7. The van der Waals surface area contributed by atoms with Gasteiger partial charge in [0, 0.05) is 28.1 Å². The summed E-state index contributed by atoms with van der Waals surface area (Å²) in [6.45, 7) is 2.73. The van der Waals surface area contributed by atoms with Crippen LogP contribution in [-0.4, -0.2) is 47.4 Å². The van der Waals surface area contributed by atoms with Crippen LogP contribution >= 0.6 is 11.3 Å². The van der Waals surface area contributed by atoms with E-state index in [2.05, 4.69) is 0 Å². The zero-order chi connectivity index (χ0) is 18.1. The Morgan fingerprint density at radius 2 is 1.85 bits per heavy atom. The number of hydrogen-bond donors (Lipinski definition) is 2. The number of benzene rings is 2. The lowest BCUT2D eigenvalue weighted by atomic mass is 10.0. The second-order valence-corrected chi connectivity index (χ2v) is 7.39. The Bertz CT molecular complexity index is 929. The third-order valence-corrected chi connectivity index (χ3v) is 5.81. The molecular formula is C20H19NO4S. The maximum absolute atomic E-state index is 11.1. The molecule has 1 aliphatic rings. The van der Waals surface area contributed by atoms with E-state index >= 15 is 0 Å². The molecule has 2 N–H and O–H groups in total. The molecule has 1 atom stereocenters. The van der Waals surface area contributed by atoms with Crippen LogP contribution in [0.2, 0.25) is 0 Å². The first-order valence-corrected chi connectivity index (χ1v) is 9.31. The van der Waals surface area contributed by atoms with Gasteiger partial charge in [0.2, 0.25) is 0 Å². The quantitative estimate of drug-likeness (QED) is 0.735. The summed E-state index contributed by atoms with van der Waals surface area (Å²) in [5.74, 6) is -0.929. The van der Waals surface area contributed by atoms with Gasteiger partial charge in [-0.2, -0.15) is 0 Å². The zero-order valence-electron chi connectivity index (χ0n) is 14.1. The Hall–Kier alpha value is -2.25. The average Bonchev–Trinajstić information content (AvgIpc) is 3.12. The molecule has 2 aromatic carbocycles. The molecule has 1 fully saturated rings. The maximum Gasteiger partial charge on any atom is 0.335 e. The fourth-order valence-electron chi connectivity index (χ4n) is 3.25. The van der Waals surface area contributed by atoms with E-state index < -0.39 is 12.2 Å². The van der Waals surface area contributed by atoms with Gasteiger partial charge in [-0.05, 0) is 35.4 Å². The first kappa shape index (κ1) is 17.2. The number of aliphatic hydroxyl groups is 1. The Morgan fingerprint density at radius 1 is 1.12 bits per heavy atom. The van der Waals surface area contributed by atoms with Crippen LogP contribution in [0.15, 0.2) is 48.5 Å². The molecule has 5 nitrogen and oxygen atoms in total. The van der Waals surface area contributed by atoms with Gasteiger partial charge in [-0.1, -0.05) is 24.3 Å². The average molecular weight is 369 g/mol. The molecule has 1 aliphatic heterocycles. The number of aromatic carboxylic acids is 1. The summed E-state index contributed by atoms with van der Waals surface area (Å²) in [7, 11) is 0. The number of morpholine rings is 1. The van der Waals surface area contributed by atoms with Crippen molar-refractivity contribution in [2.24, 2.45) is 0 Å². The minimum absolute atomic E-state index is 0.273. The van der Waals surface area contributed by atoms with Crippen molar-refractivity contribution in [3.8, 4) is 11.1 Å². The van der Waals surface area contributed by atoms with Gasteiger partial charge in [0.25, 0.3) is 0 Å². The van der Waals surface area contributed by atoms with Crippen molar-refractivity contribution in [2.75, 3.05) is 26.3 Å². The Morgan fingerprint density at radius 3 is 2.54 bits per heavy atom. The molecule has 6 heteroatoms. The molecule has 1 aromatic heterocycles. The lowest BCUT2D eigenvalue weighted by molar-refractivity contribution is -0.0586. The zero-order valence-corrected chi connectivity index (χ0v) is 14.9. The molecule has 0 spiro atoms. The van der Waals surface area contributed by atoms with E-state index in [0.717, 1.165) is 39.2 Å². The van der Waals surface area contributed by atoms with Crippen LogP contribution in [0.5, 0.6) is 0 Å². The van der Waals surface area contributed by atoms with Crippen LogP contribution in [0.3, 0.4) is 0 Å². The monoisotopic (exact) mass is 369 g/mol. The standard InChI is InChI=1S/C20H19NO4S/c22-19(21-8-10-25-11-9-21)18-12-16-15(2-1-3-17(16)26-18)13-4-6-14(7-5-13)20(23)24/h1-7,12,19,22H,8-11H2,(H,23,24). The molecule has 0 saturated carbocycles. The van der Waals surface area contributed by atoms with E-state index in [4.69, 9.17) is 9.84 Å². The number of rotatable bonds is 4. The highest BCUT2D eigenvalue weighted by Gasteiger charge is 2.22. The van der Waals surface area contributed by atoms with Crippen LogP contribution in [0.1, 0.15) is 21.5 Å². The summed E-state index contributed by atoms with van der Waals surface area (Å²) in [6.07, 6.45) is -0.626. The number of carbonyl (C=O) groups is 1. The first-order valence-electron chi connectivity index (χ1n) is 8.49. The van der Waals surface area contributed by atoms with Gasteiger partial charge in [0.1, 0.15) is 6.23 Å². The minimum atomic E-state index is -0.929. The number of fused-ring (bicyclic) bond motifs is 1. The van der Waals surface area contributed by atoms with Gasteiger partial charge in [0.05, 0.1) is 18.8 Å². The Kier molecular flexibility index (Phi) is 4.74. The number of aliphatic hydroxyl groups excluding tert-OH is 1. The summed E-state index contributed by atoms with van der Waals surface area (Å²) in [5, 5.41) is 20.9. The van der Waals surface area contributed by atoms with E-state index in [1.807, 2.05) is 41.3 Å². The van der Waals surface area contributed by atoms with E-state index in [1.165, 1.54) is 0 Å². The molecule has 3 aromatic rings. The van der Waals surface area contributed by atoms with Crippen LogP contribution < -0.4 is 0 Å². The van der Waals surface area contributed by atoms with E-state index in [0.29, 0.717) is 13.2 Å². The van der Waals surface area contributed by atoms with Crippen molar-refractivity contribution >= 4 is 27.4 Å². The number of carboxylic acids is 1. The second-order valence-electron chi connectivity index (χ2n) is 6.27. The maximum atomic E-state index is 11.1. The van der Waals surface area contributed by atoms with Crippen LogP contribution in [0.25, 0.3) is 21.2 Å². The minimum Gasteiger partial charge on any atom is -0.478 e. The Balaban J connectivity index is 1.70. The number of nitrogens with zero attached hydrogens (tertiary/aromatic N) is 1. The predicted octanol–water partition coefficient (Wildman–Crippen LogP) is 3.59. The molecule has 0 amide bonds. The SMILES string of the molecule is O=C(O)c1ccc(-c2cccc3sc(C(O)N4CCOCC4)cc23)cc1. The molecule has 4 rings (SSSR count). The summed E-state index contributed by atoms with van der Waals surface area (Å²) in [6, 6.07) is 15.0. The second kappa shape index (κ2) is 7.17. The summed E-state index contributed by atoms with van der Waals surface area (Å²) in [4.78, 5) is 14.0. The fourth-order valence-corrected chi connectivity index (χ4v) is 4.36. The molecule has 2 heterocycles.